The summed E-state index contributed by atoms with van der Waals surface area (Å²) in [7, 11) is 0. The third-order valence-corrected chi connectivity index (χ3v) is 4.17. The van der Waals surface area contributed by atoms with Gasteiger partial charge in [0.25, 0.3) is 0 Å². The molecule has 0 aromatic heterocycles. The number of aliphatic hydroxyl groups is 1. The van der Waals surface area contributed by atoms with Crippen molar-refractivity contribution in [1.82, 2.24) is 5.32 Å². The van der Waals surface area contributed by atoms with Gasteiger partial charge in [-0.3, -0.25) is 19.2 Å². The van der Waals surface area contributed by atoms with Gasteiger partial charge in [0.1, 0.15) is 6.10 Å². The maximum absolute atomic E-state index is 12.4. The zero-order valence-electron chi connectivity index (χ0n) is 16.8. The quantitative estimate of drug-likeness (QED) is 0.425. The standard InChI is InChI=1S/C18H29NO9/c1-6-7-9(2)17(24)19-18-16(27-12(5)23)15(26-11(4)22)14(25-10(3)21)13(8-20)28-18/h9,13-16,18,20H,6-8H2,1-5H3,(H,19,24)/t9?,13-,14-,15+,16-,18-/m1/s1. The molecule has 1 aliphatic rings. The third kappa shape index (κ3) is 6.75. The lowest BCUT2D eigenvalue weighted by Gasteiger charge is -2.44. The number of aliphatic hydroxyl groups excluding tert-OH is 1. The lowest BCUT2D eigenvalue weighted by molar-refractivity contribution is -0.256. The predicted molar refractivity (Wildman–Crippen MR) is 94.6 cm³/mol. The van der Waals surface area contributed by atoms with E-state index in [2.05, 4.69) is 5.32 Å². The van der Waals surface area contributed by atoms with Crippen molar-refractivity contribution >= 4 is 23.8 Å². The van der Waals surface area contributed by atoms with Crippen LogP contribution in [0.4, 0.5) is 0 Å². The Hall–Kier alpha value is -2.20. The molecule has 0 radical (unpaired) electrons. The van der Waals surface area contributed by atoms with E-state index in [1.54, 1.807) is 6.92 Å². The van der Waals surface area contributed by atoms with Gasteiger partial charge in [-0.1, -0.05) is 20.3 Å². The summed E-state index contributed by atoms with van der Waals surface area (Å²) in [6.45, 7) is 6.50. The SMILES string of the molecule is CCCC(C)C(=O)N[C@@H]1O[C@H](CO)[C@@H](OC(C)=O)[C@H](OC(C)=O)[C@H]1OC(C)=O. The Morgan fingerprint density at radius 3 is 1.93 bits per heavy atom. The van der Waals surface area contributed by atoms with E-state index in [9.17, 15) is 24.3 Å². The summed E-state index contributed by atoms with van der Waals surface area (Å²) < 4.78 is 21.3. The monoisotopic (exact) mass is 403 g/mol. The average molecular weight is 403 g/mol. The second-order valence-corrected chi connectivity index (χ2v) is 6.70. The van der Waals surface area contributed by atoms with Gasteiger partial charge < -0.3 is 29.4 Å². The van der Waals surface area contributed by atoms with Gasteiger partial charge in [0.2, 0.25) is 5.91 Å². The highest BCUT2D eigenvalue weighted by Crippen LogP contribution is 2.28. The van der Waals surface area contributed by atoms with Crippen LogP contribution in [0.25, 0.3) is 0 Å². The van der Waals surface area contributed by atoms with Crippen molar-refractivity contribution < 1.29 is 43.2 Å². The summed E-state index contributed by atoms with van der Waals surface area (Å²) in [5.41, 5.74) is 0. The number of nitrogens with one attached hydrogen (secondary N) is 1. The van der Waals surface area contributed by atoms with Gasteiger partial charge in [-0.2, -0.15) is 0 Å². The Kier molecular flexibility index (Phi) is 9.33. The predicted octanol–water partition coefficient (Wildman–Crippen LogP) is 0.0511. The van der Waals surface area contributed by atoms with E-state index in [4.69, 9.17) is 18.9 Å². The van der Waals surface area contributed by atoms with Crippen molar-refractivity contribution in [3.8, 4) is 0 Å². The molecule has 1 saturated heterocycles. The first-order valence-corrected chi connectivity index (χ1v) is 9.19. The van der Waals surface area contributed by atoms with Gasteiger partial charge in [0.15, 0.2) is 24.5 Å². The molecule has 6 atom stereocenters. The maximum Gasteiger partial charge on any atom is 0.303 e. The van der Waals surface area contributed by atoms with Crippen molar-refractivity contribution in [1.29, 1.82) is 0 Å². The number of rotatable bonds is 8. The number of carbonyl (C=O) groups is 4. The Bertz CT molecular complexity index is 579. The molecule has 2 N–H and O–H groups in total. The van der Waals surface area contributed by atoms with Gasteiger partial charge in [-0.05, 0) is 6.42 Å². The molecule has 1 fully saturated rings. The second-order valence-electron chi connectivity index (χ2n) is 6.70. The first-order valence-electron chi connectivity index (χ1n) is 9.19. The molecule has 1 amide bonds. The number of amides is 1. The van der Waals surface area contributed by atoms with E-state index in [0.717, 1.165) is 27.2 Å². The number of hydrogen-bond donors (Lipinski definition) is 2. The van der Waals surface area contributed by atoms with Crippen LogP contribution >= 0.6 is 0 Å². The summed E-state index contributed by atoms with van der Waals surface area (Å²) in [6.07, 6.45) is -4.66. The van der Waals surface area contributed by atoms with Crippen LogP contribution in [0.2, 0.25) is 0 Å². The highest BCUT2D eigenvalue weighted by atomic mass is 16.7. The minimum Gasteiger partial charge on any atom is -0.456 e. The second kappa shape index (κ2) is 11.0. The van der Waals surface area contributed by atoms with Crippen LogP contribution in [0.5, 0.6) is 0 Å². The van der Waals surface area contributed by atoms with Crippen LogP contribution in [0.3, 0.4) is 0 Å². The smallest absolute Gasteiger partial charge is 0.303 e. The highest BCUT2D eigenvalue weighted by Gasteiger charge is 2.52. The fourth-order valence-electron chi connectivity index (χ4n) is 3.00. The molecule has 10 nitrogen and oxygen atoms in total. The highest BCUT2D eigenvalue weighted by molar-refractivity contribution is 5.78. The van der Waals surface area contributed by atoms with Gasteiger partial charge in [0, 0.05) is 26.7 Å². The molecule has 0 aromatic rings. The molecular weight excluding hydrogens is 374 g/mol. The fraction of sp³-hybridized carbons (Fsp3) is 0.778. The van der Waals surface area contributed by atoms with Crippen LogP contribution in [-0.4, -0.2) is 66.2 Å². The molecule has 0 aliphatic carbocycles. The van der Waals surface area contributed by atoms with Gasteiger partial charge in [0.05, 0.1) is 6.61 Å². The van der Waals surface area contributed by atoms with Crippen molar-refractivity contribution in [3.05, 3.63) is 0 Å². The summed E-state index contributed by atoms with van der Waals surface area (Å²) in [5, 5.41) is 12.3. The number of carbonyl (C=O) groups excluding carboxylic acids is 4. The molecule has 1 heterocycles. The van der Waals surface area contributed by atoms with Gasteiger partial charge >= 0.3 is 17.9 Å². The number of esters is 3. The van der Waals surface area contributed by atoms with Gasteiger partial charge in [-0.25, -0.2) is 0 Å². The molecule has 1 aliphatic heterocycles. The van der Waals surface area contributed by atoms with Crippen molar-refractivity contribution in [2.45, 2.75) is 78.1 Å². The Morgan fingerprint density at radius 2 is 1.46 bits per heavy atom. The van der Waals surface area contributed by atoms with Crippen LogP contribution in [0, 0.1) is 5.92 Å². The zero-order chi connectivity index (χ0) is 21.4. The minimum absolute atomic E-state index is 0.336. The molecule has 10 heteroatoms. The van der Waals surface area contributed by atoms with Crippen LogP contribution in [0.15, 0.2) is 0 Å². The van der Waals surface area contributed by atoms with E-state index in [1.807, 2.05) is 6.92 Å². The minimum atomic E-state index is -1.28. The van der Waals surface area contributed by atoms with Crippen molar-refractivity contribution in [3.63, 3.8) is 0 Å². The maximum atomic E-state index is 12.4. The molecule has 1 rings (SSSR count). The van der Waals surface area contributed by atoms with E-state index >= 15 is 0 Å². The molecule has 0 saturated carbocycles. The molecule has 1 unspecified atom stereocenters. The Labute approximate surface area is 163 Å². The Morgan fingerprint density at radius 1 is 0.964 bits per heavy atom. The average Bonchev–Trinajstić information content (AvgIpc) is 2.58. The van der Waals surface area contributed by atoms with Crippen LogP contribution in [-0.2, 0) is 38.1 Å². The van der Waals surface area contributed by atoms with E-state index < -0.39 is 55.2 Å². The molecule has 0 aromatic carbocycles. The lowest BCUT2D eigenvalue weighted by atomic mass is 9.96. The van der Waals surface area contributed by atoms with E-state index in [1.165, 1.54) is 0 Å². The normalized spacial score (nSPS) is 28.0. The van der Waals surface area contributed by atoms with Crippen molar-refractivity contribution in [2.24, 2.45) is 5.92 Å². The first-order chi connectivity index (χ1) is 13.1. The largest absolute Gasteiger partial charge is 0.456 e. The summed E-state index contributed by atoms with van der Waals surface area (Å²) >= 11 is 0. The van der Waals surface area contributed by atoms with Crippen molar-refractivity contribution in [2.75, 3.05) is 6.61 Å². The first kappa shape index (κ1) is 23.8. The number of hydrogen-bond acceptors (Lipinski definition) is 9. The molecule has 0 bridgehead atoms. The zero-order valence-corrected chi connectivity index (χ0v) is 16.8. The molecule has 0 spiro atoms. The summed E-state index contributed by atoms with van der Waals surface area (Å²) in [5.74, 6) is -2.83. The van der Waals surface area contributed by atoms with Gasteiger partial charge in [-0.15, -0.1) is 0 Å². The van der Waals surface area contributed by atoms with Crippen LogP contribution in [0.1, 0.15) is 47.5 Å². The molecule has 28 heavy (non-hydrogen) atoms. The fourth-order valence-corrected chi connectivity index (χ4v) is 3.00. The third-order valence-electron chi connectivity index (χ3n) is 4.17. The number of ether oxygens (including phenoxy) is 4. The molecule has 160 valence electrons. The van der Waals surface area contributed by atoms with E-state index in [-0.39, 0.29) is 11.8 Å². The lowest BCUT2D eigenvalue weighted by Crippen LogP contribution is -2.66. The van der Waals surface area contributed by atoms with E-state index in [0.29, 0.717) is 6.42 Å². The van der Waals surface area contributed by atoms with Crippen LogP contribution < -0.4 is 5.32 Å². The molecular formula is C18H29NO9. The summed E-state index contributed by atoms with van der Waals surface area (Å²) in [6, 6.07) is 0. The Balaban J connectivity index is 3.22. The summed E-state index contributed by atoms with van der Waals surface area (Å²) in [4.78, 5) is 47.1. The topological polar surface area (TPSA) is 137 Å².